The van der Waals surface area contributed by atoms with Crippen molar-refractivity contribution in [2.45, 2.75) is 17.1 Å². The predicted octanol–water partition coefficient (Wildman–Crippen LogP) is 2.31. The molecule has 0 radical (unpaired) electrons. The van der Waals surface area contributed by atoms with Crippen molar-refractivity contribution < 1.29 is 9.53 Å². The summed E-state index contributed by atoms with van der Waals surface area (Å²) in [5, 5.41) is 10.8. The second kappa shape index (κ2) is 7.45. The highest BCUT2D eigenvalue weighted by Gasteiger charge is 2.28. The highest BCUT2D eigenvalue weighted by Crippen LogP contribution is 2.40. The van der Waals surface area contributed by atoms with Gasteiger partial charge in [0.15, 0.2) is 10.8 Å². The second-order valence-electron chi connectivity index (χ2n) is 3.30. The fraction of sp³-hybridized carbons (Fsp3) is 0.667. The lowest BCUT2D eigenvalue weighted by Gasteiger charge is -2.03. The number of ether oxygens (including phenoxy) is 1. The Morgan fingerprint density at radius 1 is 1.44 bits per heavy atom. The van der Waals surface area contributed by atoms with Gasteiger partial charge in [0.1, 0.15) is 6.61 Å². The number of alkyl halides is 3. The summed E-state index contributed by atoms with van der Waals surface area (Å²) >= 11 is 17.9. The van der Waals surface area contributed by atoms with E-state index in [2.05, 4.69) is 15.5 Å². The van der Waals surface area contributed by atoms with E-state index in [1.54, 1.807) is 0 Å². The Balaban J connectivity index is 2.35. The smallest absolute Gasteiger partial charge is 0.294 e. The van der Waals surface area contributed by atoms with E-state index < -0.39 is 3.79 Å². The van der Waals surface area contributed by atoms with Crippen molar-refractivity contribution in [1.82, 2.24) is 15.5 Å². The second-order valence-corrected chi connectivity index (χ2v) is 6.52. The average molecular weight is 333 g/mol. The molecule has 0 aromatic carbocycles. The van der Waals surface area contributed by atoms with Crippen LogP contribution in [0.1, 0.15) is 18.4 Å². The molecule has 0 saturated carbocycles. The van der Waals surface area contributed by atoms with E-state index in [1.807, 2.05) is 6.92 Å². The Hall–Kier alpha value is -0.140. The molecule has 1 rings (SSSR count). The third-order valence-electron chi connectivity index (χ3n) is 1.84. The van der Waals surface area contributed by atoms with Crippen LogP contribution < -0.4 is 10.1 Å². The van der Waals surface area contributed by atoms with Crippen LogP contribution >= 0.6 is 46.1 Å². The predicted molar refractivity (Wildman–Crippen MR) is 72.8 cm³/mol. The molecule has 0 saturated heterocycles. The Morgan fingerprint density at radius 2 is 2.17 bits per heavy atom. The molecule has 0 atom stereocenters. The Labute approximate surface area is 124 Å². The minimum absolute atomic E-state index is 0.0263. The van der Waals surface area contributed by atoms with Crippen LogP contribution in [0, 0.1) is 0 Å². The maximum atomic E-state index is 11.4. The standard InChI is InChI=1S/C9H12Cl3N3O2S/c1-2-13-4-3-6(16)5-17-8-15-14-7(18-8)9(10,11)12/h13H,2-5H2,1H3. The zero-order valence-corrected chi connectivity index (χ0v) is 12.7. The summed E-state index contributed by atoms with van der Waals surface area (Å²) in [6.45, 7) is 3.38. The van der Waals surface area contributed by atoms with Gasteiger partial charge in [-0.25, -0.2) is 0 Å². The number of hydrogen-bond donors (Lipinski definition) is 1. The van der Waals surface area contributed by atoms with Crippen LogP contribution in [0.3, 0.4) is 0 Å². The number of rotatable bonds is 7. The summed E-state index contributed by atoms with van der Waals surface area (Å²) in [6, 6.07) is 0. The van der Waals surface area contributed by atoms with E-state index in [-0.39, 0.29) is 22.6 Å². The van der Waals surface area contributed by atoms with E-state index in [4.69, 9.17) is 39.5 Å². The molecule has 0 aliphatic heterocycles. The topological polar surface area (TPSA) is 64.1 Å². The van der Waals surface area contributed by atoms with E-state index in [9.17, 15) is 4.79 Å². The van der Waals surface area contributed by atoms with Gasteiger partial charge in [0.2, 0.25) is 3.79 Å². The Morgan fingerprint density at radius 3 is 2.72 bits per heavy atom. The Kier molecular flexibility index (Phi) is 6.59. The lowest BCUT2D eigenvalue weighted by molar-refractivity contribution is -0.120. The van der Waals surface area contributed by atoms with E-state index in [1.165, 1.54) is 0 Å². The highest BCUT2D eigenvalue weighted by atomic mass is 35.6. The SMILES string of the molecule is CCNCCC(=O)COc1nnc(C(Cl)(Cl)Cl)s1. The van der Waals surface area contributed by atoms with Crippen molar-refractivity contribution in [3.63, 3.8) is 0 Å². The van der Waals surface area contributed by atoms with E-state index in [0.717, 1.165) is 17.9 Å². The van der Waals surface area contributed by atoms with Crippen molar-refractivity contribution in [1.29, 1.82) is 0 Å². The molecule has 0 bridgehead atoms. The number of carbonyl (C=O) groups excluding carboxylic acids is 1. The molecule has 0 unspecified atom stereocenters. The number of nitrogens with zero attached hydrogens (tertiary/aromatic N) is 2. The fourth-order valence-corrected chi connectivity index (χ4v) is 2.02. The van der Waals surface area contributed by atoms with Crippen molar-refractivity contribution >= 4 is 51.9 Å². The number of hydrogen-bond acceptors (Lipinski definition) is 6. The number of Topliss-reactive ketones (excluding diaryl/α,β-unsaturated/α-hetero) is 1. The lowest BCUT2D eigenvalue weighted by atomic mass is 10.3. The maximum Gasteiger partial charge on any atom is 0.294 e. The molecule has 102 valence electrons. The minimum atomic E-state index is -1.62. The summed E-state index contributed by atoms with van der Waals surface area (Å²) in [7, 11) is 0. The number of aromatic nitrogens is 2. The van der Waals surface area contributed by atoms with Gasteiger partial charge in [-0.3, -0.25) is 4.79 Å². The quantitative estimate of drug-likeness (QED) is 0.613. The summed E-state index contributed by atoms with van der Waals surface area (Å²) in [5.41, 5.74) is 0. The van der Waals surface area contributed by atoms with Gasteiger partial charge in [-0.15, -0.1) is 5.10 Å². The minimum Gasteiger partial charge on any atom is -0.461 e. The number of nitrogens with one attached hydrogen (secondary N) is 1. The van der Waals surface area contributed by atoms with Crippen molar-refractivity contribution in [3.05, 3.63) is 5.01 Å². The van der Waals surface area contributed by atoms with Gasteiger partial charge < -0.3 is 10.1 Å². The van der Waals surface area contributed by atoms with Gasteiger partial charge >= 0.3 is 0 Å². The van der Waals surface area contributed by atoms with Crippen LogP contribution in [0.2, 0.25) is 0 Å². The van der Waals surface area contributed by atoms with Crippen molar-refractivity contribution in [3.8, 4) is 5.19 Å². The summed E-state index contributed by atoms with van der Waals surface area (Å²) < 4.78 is 3.55. The molecule has 0 aliphatic rings. The van der Waals surface area contributed by atoms with Crippen molar-refractivity contribution in [2.24, 2.45) is 0 Å². The average Bonchev–Trinajstić information content (AvgIpc) is 2.75. The van der Waals surface area contributed by atoms with Crippen LogP contribution in [0.4, 0.5) is 0 Å². The maximum absolute atomic E-state index is 11.4. The van der Waals surface area contributed by atoms with Gasteiger partial charge in [0, 0.05) is 13.0 Å². The van der Waals surface area contributed by atoms with E-state index >= 15 is 0 Å². The molecule has 0 fully saturated rings. The molecule has 9 heteroatoms. The van der Waals surface area contributed by atoms with Crippen molar-refractivity contribution in [2.75, 3.05) is 19.7 Å². The number of halogens is 3. The van der Waals surface area contributed by atoms with Crippen LogP contribution in [0.15, 0.2) is 0 Å². The summed E-state index contributed by atoms with van der Waals surface area (Å²) in [5.74, 6) is -0.0263. The first-order chi connectivity index (χ1) is 8.43. The van der Waals surface area contributed by atoms with Gasteiger partial charge in [0.05, 0.1) is 0 Å². The number of carbonyl (C=O) groups is 1. The fourth-order valence-electron chi connectivity index (χ4n) is 1.00. The first-order valence-electron chi connectivity index (χ1n) is 5.19. The van der Waals surface area contributed by atoms with Gasteiger partial charge in [-0.05, 0) is 6.54 Å². The van der Waals surface area contributed by atoms with Gasteiger partial charge in [-0.1, -0.05) is 58.2 Å². The summed E-state index contributed by atoms with van der Waals surface area (Å²) in [4.78, 5) is 11.4. The van der Waals surface area contributed by atoms with Crippen LogP contribution in [-0.4, -0.2) is 35.7 Å². The Bertz CT molecular complexity index is 395. The molecular formula is C9H12Cl3N3O2S. The monoisotopic (exact) mass is 331 g/mol. The first kappa shape index (κ1) is 15.9. The first-order valence-corrected chi connectivity index (χ1v) is 7.14. The lowest BCUT2D eigenvalue weighted by Crippen LogP contribution is -2.20. The zero-order valence-electron chi connectivity index (χ0n) is 9.58. The van der Waals surface area contributed by atoms with Gasteiger partial charge in [0.25, 0.3) is 5.19 Å². The molecule has 1 aromatic rings. The third kappa shape index (κ3) is 5.67. The van der Waals surface area contributed by atoms with Crippen LogP contribution in [0.5, 0.6) is 5.19 Å². The normalized spacial score (nSPS) is 11.6. The molecule has 0 amide bonds. The molecule has 0 aliphatic carbocycles. The van der Waals surface area contributed by atoms with Gasteiger partial charge in [-0.2, -0.15) is 0 Å². The molecule has 18 heavy (non-hydrogen) atoms. The largest absolute Gasteiger partial charge is 0.461 e. The molecule has 0 spiro atoms. The third-order valence-corrected chi connectivity index (χ3v) is 3.66. The van der Waals surface area contributed by atoms with E-state index in [0.29, 0.717) is 13.0 Å². The number of ketones is 1. The molecular weight excluding hydrogens is 321 g/mol. The van der Waals surface area contributed by atoms with Crippen LogP contribution in [0.25, 0.3) is 0 Å². The molecule has 1 heterocycles. The molecule has 1 N–H and O–H groups in total. The summed E-state index contributed by atoms with van der Waals surface area (Å²) in [6.07, 6.45) is 0.407. The highest BCUT2D eigenvalue weighted by molar-refractivity contribution is 7.14. The zero-order chi connectivity index (χ0) is 13.6. The molecule has 1 aromatic heterocycles. The van der Waals surface area contributed by atoms with Crippen LogP contribution in [-0.2, 0) is 8.59 Å². The molecule has 5 nitrogen and oxygen atoms in total.